The molecule has 12 nitrogen and oxygen atoms in total. The number of aryl methyl sites for hydroxylation is 1. The van der Waals surface area contributed by atoms with E-state index in [1.54, 1.807) is 22.0 Å². The van der Waals surface area contributed by atoms with Crippen molar-refractivity contribution in [2.45, 2.75) is 40.0 Å². The van der Waals surface area contributed by atoms with Crippen LogP contribution in [0.2, 0.25) is 0 Å². The highest BCUT2D eigenvalue weighted by Gasteiger charge is 2.24. The summed E-state index contributed by atoms with van der Waals surface area (Å²) >= 11 is 1.49. The van der Waals surface area contributed by atoms with Crippen LogP contribution in [0.3, 0.4) is 0 Å². The molecule has 0 aliphatic carbocycles. The molecule has 0 bridgehead atoms. The second-order valence-corrected chi connectivity index (χ2v) is 11.8. The van der Waals surface area contributed by atoms with Gasteiger partial charge in [-0.15, -0.1) is 0 Å². The number of hydrogen-bond acceptors (Lipinski definition) is 9. The normalized spacial score (nSPS) is 13.0. The molecular formula is C31H31N9O3S. The average Bonchev–Trinajstić information content (AvgIpc) is 3.75. The molecule has 3 amide bonds. The molecule has 0 radical (unpaired) electrons. The number of rotatable bonds is 9. The Morgan fingerprint density at radius 1 is 1.00 bits per heavy atom. The summed E-state index contributed by atoms with van der Waals surface area (Å²) in [5, 5.41) is 11.0. The number of anilines is 3. The number of nitrogens with zero attached hydrogens (tertiary/aromatic N) is 7. The highest BCUT2D eigenvalue weighted by molar-refractivity contribution is 7.19. The minimum Gasteiger partial charge on any atom is -0.424 e. The summed E-state index contributed by atoms with van der Waals surface area (Å²) in [6, 6.07) is 12.8. The Morgan fingerprint density at radius 3 is 2.48 bits per heavy atom. The summed E-state index contributed by atoms with van der Waals surface area (Å²) in [5.74, 6) is 1.61. The molecule has 1 aliphatic rings. The number of benzene rings is 1. The van der Waals surface area contributed by atoms with Gasteiger partial charge < -0.3 is 10.1 Å². The number of amides is 3. The molecule has 1 saturated heterocycles. The average molecular weight is 610 g/mol. The molecule has 44 heavy (non-hydrogen) atoms. The zero-order chi connectivity index (χ0) is 30.6. The molecule has 1 aromatic carbocycles. The zero-order valence-electron chi connectivity index (χ0n) is 24.5. The molecule has 6 rings (SSSR count). The lowest BCUT2D eigenvalue weighted by atomic mass is 10.1. The Bertz CT molecular complexity index is 1760. The van der Waals surface area contributed by atoms with Gasteiger partial charge in [-0.1, -0.05) is 25.2 Å². The van der Waals surface area contributed by atoms with Crippen molar-refractivity contribution < 1.29 is 14.3 Å². The fraction of sp³-hybridized carbons (Fsp3) is 0.258. The van der Waals surface area contributed by atoms with Gasteiger partial charge in [0.2, 0.25) is 5.91 Å². The lowest BCUT2D eigenvalue weighted by molar-refractivity contribution is -0.117. The number of ether oxygens (including phenoxy) is 1. The van der Waals surface area contributed by atoms with E-state index in [4.69, 9.17) is 4.74 Å². The first-order valence-electron chi connectivity index (χ1n) is 14.3. The second-order valence-electron chi connectivity index (χ2n) is 10.8. The summed E-state index contributed by atoms with van der Waals surface area (Å²) < 4.78 is 7.47. The first kappa shape index (κ1) is 28.9. The molecule has 0 unspecified atom stereocenters. The Kier molecular flexibility index (Phi) is 8.28. The maximum atomic E-state index is 12.9. The summed E-state index contributed by atoms with van der Waals surface area (Å²) in [6.45, 7) is 6.87. The van der Waals surface area contributed by atoms with Crippen LogP contribution in [0.4, 0.5) is 21.4 Å². The van der Waals surface area contributed by atoms with Crippen molar-refractivity contribution in [1.29, 1.82) is 0 Å². The van der Waals surface area contributed by atoms with Gasteiger partial charge >= 0.3 is 12.0 Å². The summed E-state index contributed by atoms with van der Waals surface area (Å²) in [6.07, 6.45) is 8.66. The van der Waals surface area contributed by atoms with E-state index in [9.17, 15) is 9.59 Å². The topological polar surface area (TPSA) is 140 Å². The van der Waals surface area contributed by atoms with Crippen LogP contribution < -0.4 is 20.3 Å². The molecule has 1 fully saturated rings. The number of pyridine rings is 1. The van der Waals surface area contributed by atoms with E-state index >= 15 is 0 Å². The number of thiazole rings is 1. The maximum Gasteiger partial charge on any atom is 0.324 e. The van der Waals surface area contributed by atoms with Gasteiger partial charge in [0.1, 0.15) is 11.6 Å². The van der Waals surface area contributed by atoms with E-state index in [-0.39, 0.29) is 11.9 Å². The van der Waals surface area contributed by atoms with Crippen LogP contribution in [0.25, 0.3) is 16.1 Å². The largest absolute Gasteiger partial charge is 0.424 e. The molecule has 1 aliphatic heterocycles. The second kappa shape index (κ2) is 12.6. The lowest BCUT2D eigenvalue weighted by Gasteiger charge is -2.10. The predicted octanol–water partition coefficient (Wildman–Crippen LogP) is 6.25. The Labute approximate surface area is 258 Å². The number of aromatic nitrogens is 6. The van der Waals surface area contributed by atoms with Crippen molar-refractivity contribution in [3.8, 4) is 27.9 Å². The van der Waals surface area contributed by atoms with E-state index in [0.717, 1.165) is 45.5 Å². The van der Waals surface area contributed by atoms with Gasteiger partial charge in [0.25, 0.3) is 0 Å². The van der Waals surface area contributed by atoms with Gasteiger partial charge in [-0.3, -0.25) is 20.0 Å². The first-order valence-corrected chi connectivity index (χ1v) is 15.1. The number of hydrogen-bond donors (Lipinski definition) is 2. The van der Waals surface area contributed by atoms with E-state index < -0.39 is 6.03 Å². The third kappa shape index (κ3) is 6.73. The van der Waals surface area contributed by atoms with Crippen LogP contribution in [-0.4, -0.2) is 48.2 Å². The van der Waals surface area contributed by atoms with E-state index in [2.05, 4.69) is 49.5 Å². The van der Waals surface area contributed by atoms with Crippen molar-refractivity contribution in [3.63, 3.8) is 0 Å². The molecule has 4 aromatic heterocycles. The molecule has 0 atom stereocenters. The highest BCUT2D eigenvalue weighted by Crippen LogP contribution is 2.34. The van der Waals surface area contributed by atoms with Crippen LogP contribution in [0.1, 0.15) is 38.1 Å². The third-order valence-electron chi connectivity index (χ3n) is 6.79. The van der Waals surface area contributed by atoms with Gasteiger partial charge in [0, 0.05) is 30.9 Å². The fourth-order valence-electron chi connectivity index (χ4n) is 4.70. The summed E-state index contributed by atoms with van der Waals surface area (Å²) in [7, 11) is 0. The quantitative estimate of drug-likeness (QED) is 0.200. The highest BCUT2D eigenvalue weighted by atomic mass is 32.1. The Hall–Kier alpha value is -5.17. The van der Waals surface area contributed by atoms with Crippen molar-refractivity contribution >= 4 is 39.9 Å². The molecule has 0 spiro atoms. The Balaban J connectivity index is 1.07. The predicted molar refractivity (Wildman–Crippen MR) is 169 cm³/mol. The minimum absolute atomic E-state index is 0.121. The van der Waals surface area contributed by atoms with Gasteiger partial charge in [0.05, 0.1) is 40.5 Å². The molecule has 0 saturated carbocycles. The minimum atomic E-state index is -0.463. The van der Waals surface area contributed by atoms with Crippen molar-refractivity contribution in [3.05, 3.63) is 78.6 Å². The number of carbonyl (C=O) groups excluding carboxylic acids is 2. The molecule has 5 heterocycles. The van der Waals surface area contributed by atoms with Gasteiger partial charge in [0.15, 0.2) is 5.13 Å². The number of urea groups is 1. The van der Waals surface area contributed by atoms with Crippen molar-refractivity contribution in [2.24, 2.45) is 5.92 Å². The van der Waals surface area contributed by atoms with E-state index in [1.165, 1.54) is 23.7 Å². The molecule has 2 N–H and O–H groups in total. The summed E-state index contributed by atoms with van der Waals surface area (Å²) in [4.78, 5) is 44.9. The molecule has 5 aromatic rings. The maximum absolute atomic E-state index is 12.9. The van der Waals surface area contributed by atoms with Crippen molar-refractivity contribution in [1.82, 2.24) is 29.7 Å². The van der Waals surface area contributed by atoms with Crippen LogP contribution in [0, 0.1) is 12.8 Å². The van der Waals surface area contributed by atoms with Crippen molar-refractivity contribution in [2.75, 3.05) is 22.1 Å². The van der Waals surface area contributed by atoms with E-state index in [0.29, 0.717) is 36.1 Å². The molecule has 224 valence electrons. The Morgan fingerprint density at radius 2 is 1.80 bits per heavy atom. The SMILES string of the molecule is Cc1ccc(-n2nc(CC(C)C)cc2NC(=O)Nc2cnc(Oc3ccc(-c4cnc(N5CCCC5=O)s4)cc3)nc2)cn1. The summed E-state index contributed by atoms with van der Waals surface area (Å²) in [5.41, 5.74) is 3.86. The zero-order valence-corrected chi connectivity index (χ0v) is 25.3. The van der Waals surface area contributed by atoms with Gasteiger partial charge in [-0.2, -0.15) is 5.10 Å². The number of carbonyl (C=O) groups is 2. The van der Waals surface area contributed by atoms with Crippen LogP contribution in [-0.2, 0) is 11.2 Å². The monoisotopic (exact) mass is 609 g/mol. The standard InChI is InChI=1S/C31H31N9O3S/c1-19(2)13-22-14-27(40(38-22)24-9-6-20(3)32-17-24)37-29(42)36-23-15-33-30(34-16-23)43-25-10-7-21(8-11-25)26-18-35-31(44-26)39-12-4-5-28(39)41/h6-11,14-19H,4-5,12-13H2,1-3H3,(H2,36,37,42). The molecular weight excluding hydrogens is 578 g/mol. The fourth-order valence-corrected chi connectivity index (χ4v) is 5.66. The third-order valence-corrected chi connectivity index (χ3v) is 7.86. The van der Waals surface area contributed by atoms with Gasteiger partial charge in [-0.25, -0.2) is 24.4 Å². The number of nitrogens with one attached hydrogen (secondary N) is 2. The smallest absolute Gasteiger partial charge is 0.324 e. The lowest BCUT2D eigenvalue weighted by Crippen LogP contribution is -2.23. The van der Waals surface area contributed by atoms with E-state index in [1.807, 2.05) is 49.4 Å². The van der Waals surface area contributed by atoms with Crippen LogP contribution >= 0.6 is 11.3 Å². The van der Waals surface area contributed by atoms with Gasteiger partial charge in [-0.05, 0) is 67.6 Å². The van der Waals surface area contributed by atoms with Crippen LogP contribution in [0.15, 0.2) is 67.3 Å². The molecule has 13 heteroatoms. The first-order chi connectivity index (χ1) is 21.3. The van der Waals surface area contributed by atoms with Crippen LogP contribution in [0.5, 0.6) is 11.8 Å².